The van der Waals surface area contributed by atoms with Crippen molar-refractivity contribution in [3.05, 3.63) is 18.5 Å². The standard InChI is InChI=1S/C16H26N4O2/c1-22-11-12-9-15(17-10-12)16(21)19-13-3-5-14(6-4-13)20-8-2-7-18-20/h2,7-8,12-15,17H,3-6,9-11H2,1H3,(H,19,21)/t12-,13?,14?,15-/m0/s1. The van der Waals surface area contributed by atoms with E-state index in [0.29, 0.717) is 18.0 Å². The smallest absolute Gasteiger partial charge is 0.237 e. The summed E-state index contributed by atoms with van der Waals surface area (Å²) < 4.78 is 7.22. The van der Waals surface area contributed by atoms with Crippen LogP contribution >= 0.6 is 0 Å². The zero-order chi connectivity index (χ0) is 15.4. The van der Waals surface area contributed by atoms with Crippen molar-refractivity contribution in [3.63, 3.8) is 0 Å². The summed E-state index contributed by atoms with van der Waals surface area (Å²) in [6.07, 6.45) is 8.96. The van der Waals surface area contributed by atoms with E-state index in [1.807, 2.05) is 23.1 Å². The number of hydrogen-bond acceptors (Lipinski definition) is 4. The topological polar surface area (TPSA) is 68.2 Å². The first-order valence-corrected chi connectivity index (χ1v) is 8.28. The Morgan fingerprint density at radius 1 is 1.41 bits per heavy atom. The third-order valence-corrected chi connectivity index (χ3v) is 4.88. The van der Waals surface area contributed by atoms with Crippen molar-refractivity contribution in [2.24, 2.45) is 5.92 Å². The molecule has 1 amide bonds. The van der Waals surface area contributed by atoms with E-state index < -0.39 is 0 Å². The maximum Gasteiger partial charge on any atom is 0.237 e. The molecule has 3 rings (SSSR count). The molecule has 1 aliphatic carbocycles. The fourth-order valence-electron chi connectivity index (χ4n) is 3.65. The second-order valence-corrected chi connectivity index (χ2v) is 6.52. The zero-order valence-electron chi connectivity index (χ0n) is 13.2. The molecule has 1 aromatic heterocycles. The second-order valence-electron chi connectivity index (χ2n) is 6.52. The summed E-state index contributed by atoms with van der Waals surface area (Å²) in [4.78, 5) is 12.3. The fraction of sp³-hybridized carbons (Fsp3) is 0.750. The Bertz CT molecular complexity index is 469. The molecule has 122 valence electrons. The number of amides is 1. The Balaban J connectivity index is 1.42. The SMILES string of the molecule is COC[C@@H]1CN[C@H](C(=O)NC2CCC(n3cccn3)CC2)C1. The Kier molecular flexibility index (Phi) is 5.10. The van der Waals surface area contributed by atoms with Crippen LogP contribution in [-0.4, -0.2) is 48.0 Å². The van der Waals surface area contributed by atoms with Gasteiger partial charge >= 0.3 is 0 Å². The van der Waals surface area contributed by atoms with Crippen molar-refractivity contribution >= 4 is 5.91 Å². The Labute approximate surface area is 131 Å². The molecule has 2 aliphatic rings. The average Bonchev–Trinajstić information content (AvgIpc) is 3.20. The number of hydrogen-bond donors (Lipinski definition) is 2. The highest BCUT2D eigenvalue weighted by Gasteiger charge is 2.31. The van der Waals surface area contributed by atoms with Crippen LogP contribution in [0, 0.1) is 5.92 Å². The van der Waals surface area contributed by atoms with E-state index in [1.165, 1.54) is 0 Å². The monoisotopic (exact) mass is 306 g/mol. The molecule has 1 aromatic rings. The molecule has 2 fully saturated rings. The summed E-state index contributed by atoms with van der Waals surface area (Å²) in [5.74, 6) is 0.609. The van der Waals surface area contributed by atoms with Crippen LogP contribution in [0.3, 0.4) is 0 Å². The van der Waals surface area contributed by atoms with Gasteiger partial charge in [0.1, 0.15) is 0 Å². The van der Waals surface area contributed by atoms with Gasteiger partial charge in [0, 0.05) is 32.1 Å². The van der Waals surface area contributed by atoms with Gasteiger partial charge in [-0.25, -0.2) is 0 Å². The van der Waals surface area contributed by atoms with Gasteiger partial charge in [0.15, 0.2) is 0 Å². The summed E-state index contributed by atoms with van der Waals surface area (Å²) >= 11 is 0. The number of rotatable bonds is 5. The minimum absolute atomic E-state index is 0.0519. The largest absolute Gasteiger partial charge is 0.384 e. The van der Waals surface area contributed by atoms with Gasteiger partial charge in [0.25, 0.3) is 0 Å². The molecule has 0 radical (unpaired) electrons. The molecule has 1 saturated heterocycles. The number of nitrogens with one attached hydrogen (secondary N) is 2. The highest BCUT2D eigenvalue weighted by Crippen LogP contribution is 2.28. The van der Waals surface area contributed by atoms with Crippen LogP contribution in [0.1, 0.15) is 38.1 Å². The van der Waals surface area contributed by atoms with Crippen LogP contribution in [0.4, 0.5) is 0 Å². The molecule has 1 aliphatic heterocycles. The first-order chi connectivity index (χ1) is 10.8. The lowest BCUT2D eigenvalue weighted by atomic mass is 9.91. The molecule has 2 heterocycles. The van der Waals surface area contributed by atoms with Crippen LogP contribution in [0.15, 0.2) is 18.5 Å². The normalized spacial score (nSPS) is 32.0. The summed E-state index contributed by atoms with van der Waals surface area (Å²) in [6, 6.07) is 2.71. The van der Waals surface area contributed by atoms with Gasteiger partial charge in [0.05, 0.1) is 18.7 Å². The molecule has 6 heteroatoms. The van der Waals surface area contributed by atoms with E-state index in [2.05, 4.69) is 15.7 Å². The number of carbonyl (C=O) groups is 1. The maximum atomic E-state index is 12.3. The van der Waals surface area contributed by atoms with E-state index in [1.54, 1.807) is 7.11 Å². The quantitative estimate of drug-likeness (QED) is 0.855. The van der Waals surface area contributed by atoms with E-state index in [9.17, 15) is 4.79 Å². The lowest BCUT2D eigenvalue weighted by Gasteiger charge is -2.30. The van der Waals surface area contributed by atoms with Crippen LogP contribution < -0.4 is 10.6 Å². The molecule has 2 atom stereocenters. The Morgan fingerprint density at radius 2 is 2.23 bits per heavy atom. The van der Waals surface area contributed by atoms with E-state index in [-0.39, 0.29) is 11.9 Å². The first kappa shape index (κ1) is 15.5. The van der Waals surface area contributed by atoms with E-state index >= 15 is 0 Å². The minimum atomic E-state index is -0.0519. The molecule has 0 aromatic carbocycles. The predicted molar refractivity (Wildman–Crippen MR) is 83.4 cm³/mol. The Morgan fingerprint density at radius 3 is 2.91 bits per heavy atom. The van der Waals surface area contributed by atoms with Gasteiger partial charge in [-0.1, -0.05) is 0 Å². The van der Waals surface area contributed by atoms with Crippen molar-refractivity contribution in [1.82, 2.24) is 20.4 Å². The molecular weight excluding hydrogens is 280 g/mol. The van der Waals surface area contributed by atoms with Gasteiger partial charge in [-0.2, -0.15) is 5.10 Å². The first-order valence-electron chi connectivity index (χ1n) is 8.28. The highest BCUT2D eigenvalue weighted by atomic mass is 16.5. The Hall–Kier alpha value is -1.40. The summed E-state index contributed by atoms with van der Waals surface area (Å²) in [5.41, 5.74) is 0. The number of nitrogens with zero attached hydrogens (tertiary/aromatic N) is 2. The zero-order valence-corrected chi connectivity index (χ0v) is 13.2. The molecule has 0 spiro atoms. The predicted octanol–water partition coefficient (Wildman–Crippen LogP) is 1.11. The van der Waals surface area contributed by atoms with Crippen molar-refractivity contribution in [2.45, 2.75) is 50.2 Å². The fourth-order valence-corrected chi connectivity index (χ4v) is 3.65. The average molecular weight is 306 g/mol. The van der Waals surface area contributed by atoms with E-state index in [4.69, 9.17) is 4.74 Å². The number of methoxy groups -OCH3 is 1. The lowest BCUT2D eigenvalue weighted by molar-refractivity contribution is -0.123. The van der Waals surface area contributed by atoms with Gasteiger partial charge in [-0.3, -0.25) is 9.48 Å². The number of carbonyl (C=O) groups excluding carboxylic acids is 1. The van der Waals surface area contributed by atoms with Gasteiger partial charge in [0.2, 0.25) is 5.91 Å². The highest BCUT2D eigenvalue weighted by molar-refractivity contribution is 5.82. The van der Waals surface area contributed by atoms with Gasteiger partial charge in [-0.15, -0.1) is 0 Å². The summed E-state index contributed by atoms with van der Waals surface area (Å²) in [5, 5.41) is 10.8. The van der Waals surface area contributed by atoms with Gasteiger partial charge in [-0.05, 0) is 44.1 Å². The van der Waals surface area contributed by atoms with Crippen LogP contribution in [0.5, 0.6) is 0 Å². The maximum absolute atomic E-state index is 12.3. The molecule has 1 saturated carbocycles. The van der Waals surface area contributed by atoms with Crippen molar-refractivity contribution in [2.75, 3.05) is 20.3 Å². The molecule has 6 nitrogen and oxygen atoms in total. The van der Waals surface area contributed by atoms with E-state index in [0.717, 1.165) is 45.3 Å². The molecule has 0 unspecified atom stereocenters. The van der Waals surface area contributed by atoms with Crippen molar-refractivity contribution < 1.29 is 9.53 Å². The third kappa shape index (κ3) is 3.67. The van der Waals surface area contributed by atoms with Crippen LogP contribution in [0.25, 0.3) is 0 Å². The molecule has 0 bridgehead atoms. The van der Waals surface area contributed by atoms with Gasteiger partial charge < -0.3 is 15.4 Å². The second kappa shape index (κ2) is 7.24. The van der Waals surface area contributed by atoms with Crippen molar-refractivity contribution in [1.29, 1.82) is 0 Å². The van der Waals surface area contributed by atoms with Crippen LogP contribution in [0.2, 0.25) is 0 Å². The lowest BCUT2D eigenvalue weighted by Crippen LogP contribution is -2.46. The van der Waals surface area contributed by atoms with Crippen molar-refractivity contribution in [3.8, 4) is 0 Å². The summed E-state index contributed by atoms with van der Waals surface area (Å²) in [7, 11) is 1.71. The molecular formula is C16H26N4O2. The third-order valence-electron chi connectivity index (χ3n) is 4.88. The molecule has 2 N–H and O–H groups in total. The summed E-state index contributed by atoms with van der Waals surface area (Å²) in [6.45, 7) is 1.60. The molecule has 22 heavy (non-hydrogen) atoms. The minimum Gasteiger partial charge on any atom is -0.384 e. The number of ether oxygens (including phenoxy) is 1. The number of aromatic nitrogens is 2. The van der Waals surface area contributed by atoms with Crippen LogP contribution in [-0.2, 0) is 9.53 Å².